The highest BCUT2D eigenvalue weighted by Crippen LogP contribution is 2.44. The highest BCUT2D eigenvalue weighted by Gasteiger charge is 2.29. The van der Waals surface area contributed by atoms with E-state index in [0.717, 1.165) is 29.0 Å². The van der Waals surface area contributed by atoms with Crippen molar-refractivity contribution < 1.29 is 9.53 Å². The summed E-state index contributed by atoms with van der Waals surface area (Å²) in [6.45, 7) is 7.33. The van der Waals surface area contributed by atoms with Gasteiger partial charge in [-0.1, -0.05) is 31.2 Å². The van der Waals surface area contributed by atoms with E-state index in [0.29, 0.717) is 19.1 Å². The van der Waals surface area contributed by atoms with Crippen LogP contribution in [0.1, 0.15) is 54.9 Å². The summed E-state index contributed by atoms with van der Waals surface area (Å²) in [5.41, 5.74) is 5.86. The molecular weight excluding hydrogens is 336 g/mol. The molecule has 1 aliphatic rings. The zero-order valence-electron chi connectivity index (χ0n) is 16.8. The molecule has 2 aromatic rings. The molecule has 4 heteroatoms. The Labute approximate surface area is 162 Å². The molecule has 0 saturated heterocycles. The van der Waals surface area contributed by atoms with Crippen molar-refractivity contribution in [3.63, 3.8) is 0 Å². The molecule has 0 atom stereocenters. The first-order valence-electron chi connectivity index (χ1n) is 9.92. The molecule has 1 fully saturated rings. The standard InChI is InChI=1S/C23H30N2O2/c1-5-17-10-13-22(16(3)14-17)27-15-20-19(18-11-12-18)8-7-9-21(20)25(6-2)23(26)24-4/h7-10,13-14,18H,5-6,11-12,15H2,1-4H3,(H,24,26). The second-order valence-corrected chi connectivity index (χ2v) is 7.16. The SMILES string of the molecule is CCc1ccc(OCc2c(C3CC3)cccc2N(CC)C(=O)NC)c(C)c1. The molecule has 0 aromatic heterocycles. The fraction of sp³-hybridized carbons (Fsp3) is 0.435. The van der Waals surface area contributed by atoms with Crippen LogP contribution in [-0.4, -0.2) is 19.6 Å². The predicted molar refractivity (Wildman–Crippen MR) is 111 cm³/mol. The molecule has 3 rings (SSSR count). The highest BCUT2D eigenvalue weighted by atomic mass is 16.5. The number of hydrogen-bond acceptors (Lipinski definition) is 2. The topological polar surface area (TPSA) is 41.6 Å². The normalized spacial score (nSPS) is 13.3. The molecule has 0 heterocycles. The van der Waals surface area contributed by atoms with Crippen LogP contribution in [0.25, 0.3) is 0 Å². The third-order valence-corrected chi connectivity index (χ3v) is 5.29. The maximum atomic E-state index is 12.4. The minimum atomic E-state index is -0.0878. The minimum absolute atomic E-state index is 0.0878. The second-order valence-electron chi connectivity index (χ2n) is 7.16. The van der Waals surface area contributed by atoms with E-state index in [9.17, 15) is 4.79 Å². The van der Waals surface area contributed by atoms with Gasteiger partial charge in [-0.2, -0.15) is 0 Å². The van der Waals surface area contributed by atoms with Gasteiger partial charge in [0.05, 0.1) is 5.69 Å². The van der Waals surface area contributed by atoms with Crippen LogP contribution in [0.15, 0.2) is 36.4 Å². The third kappa shape index (κ3) is 4.26. The lowest BCUT2D eigenvalue weighted by Gasteiger charge is -2.25. The Kier molecular flexibility index (Phi) is 6.04. The Balaban J connectivity index is 1.92. The number of carbonyl (C=O) groups is 1. The molecule has 0 unspecified atom stereocenters. The summed E-state index contributed by atoms with van der Waals surface area (Å²) >= 11 is 0. The zero-order chi connectivity index (χ0) is 19.4. The largest absolute Gasteiger partial charge is 0.489 e. The van der Waals surface area contributed by atoms with Crippen molar-refractivity contribution in [1.29, 1.82) is 0 Å². The number of carbonyl (C=O) groups excluding carboxylic acids is 1. The van der Waals surface area contributed by atoms with Crippen LogP contribution in [0.2, 0.25) is 0 Å². The second kappa shape index (κ2) is 8.47. The zero-order valence-corrected chi connectivity index (χ0v) is 16.8. The maximum absolute atomic E-state index is 12.4. The van der Waals surface area contributed by atoms with E-state index in [-0.39, 0.29) is 6.03 Å². The summed E-state index contributed by atoms with van der Waals surface area (Å²) in [7, 11) is 1.67. The van der Waals surface area contributed by atoms with E-state index in [4.69, 9.17) is 4.74 Å². The van der Waals surface area contributed by atoms with Gasteiger partial charge in [-0.25, -0.2) is 4.79 Å². The molecule has 0 bridgehead atoms. The van der Waals surface area contributed by atoms with Crippen LogP contribution >= 0.6 is 0 Å². The van der Waals surface area contributed by atoms with Crippen LogP contribution < -0.4 is 15.0 Å². The summed E-state index contributed by atoms with van der Waals surface area (Å²) in [4.78, 5) is 14.2. The van der Waals surface area contributed by atoms with Gasteiger partial charge in [0.15, 0.2) is 0 Å². The molecular formula is C23H30N2O2. The van der Waals surface area contributed by atoms with Gasteiger partial charge in [-0.05, 0) is 67.9 Å². The molecule has 2 amide bonds. The molecule has 0 radical (unpaired) electrons. The lowest BCUT2D eigenvalue weighted by atomic mass is 10.0. The van der Waals surface area contributed by atoms with Gasteiger partial charge >= 0.3 is 6.03 Å². The monoisotopic (exact) mass is 366 g/mol. The van der Waals surface area contributed by atoms with E-state index in [1.54, 1.807) is 11.9 Å². The van der Waals surface area contributed by atoms with Crippen LogP contribution in [0.3, 0.4) is 0 Å². The third-order valence-electron chi connectivity index (χ3n) is 5.29. The van der Waals surface area contributed by atoms with Crippen LogP contribution in [-0.2, 0) is 13.0 Å². The van der Waals surface area contributed by atoms with Gasteiger partial charge in [0.2, 0.25) is 0 Å². The van der Waals surface area contributed by atoms with Crippen molar-refractivity contribution in [2.75, 3.05) is 18.5 Å². The number of nitrogens with zero attached hydrogens (tertiary/aromatic N) is 1. The van der Waals surface area contributed by atoms with Crippen molar-refractivity contribution in [2.45, 2.75) is 52.6 Å². The van der Waals surface area contributed by atoms with Crippen molar-refractivity contribution in [1.82, 2.24) is 5.32 Å². The average Bonchev–Trinajstić information content (AvgIpc) is 3.53. The predicted octanol–water partition coefficient (Wildman–Crippen LogP) is 5.18. The van der Waals surface area contributed by atoms with Crippen LogP contribution in [0.4, 0.5) is 10.5 Å². The molecule has 2 aromatic carbocycles. The van der Waals surface area contributed by atoms with Crippen molar-refractivity contribution in [3.05, 3.63) is 58.7 Å². The average molecular weight is 367 g/mol. The molecule has 27 heavy (non-hydrogen) atoms. The Morgan fingerprint density at radius 2 is 2.00 bits per heavy atom. The number of ether oxygens (including phenoxy) is 1. The Morgan fingerprint density at radius 3 is 2.59 bits per heavy atom. The van der Waals surface area contributed by atoms with Gasteiger partial charge in [0.25, 0.3) is 0 Å². The van der Waals surface area contributed by atoms with Gasteiger partial charge in [0.1, 0.15) is 12.4 Å². The summed E-state index contributed by atoms with van der Waals surface area (Å²) in [5.74, 6) is 1.50. The summed E-state index contributed by atoms with van der Waals surface area (Å²) in [5, 5.41) is 2.75. The van der Waals surface area contributed by atoms with Gasteiger partial charge in [-0.15, -0.1) is 0 Å². The molecule has 0 spiro atoms. The number of hydrogen-bond donors (Lipinski definition) is 1. The van der Waals surface area contributed by atoms with Crippen LogP contribution in [0, 0.1) is 6.92 Å². The van der Waals surface area contributed by atoms with Gasteiger partial charge in [0, 0.05) is 19.2 Å². The van der Waals surface area contributed by atoms with Crippen molar-refractivity contribution in [2.24, 2.45) is 0 Å². The van der Waals surface area contributed by atoms with E-state index < -0.39 is 0 Å². The lowest BCUT2D eigenvalue weighted by Crippen LogP contribution is -2.38. The molecule has 1 saturated carbocycles. The first-order chi connectivity index (χ1) is 13.1. The number of benzene rings is 2. The summed E-state index contributed by atoms with van der Waals surface area (Å²) < 4.78 is 6.23. The number of nitrogens with one attached hydrogen (secondary N) is 1. The highest BCUT2D eigenvalue weighted by molar-refractivity contribution is 5.92. The van der Waals surface area contributed by atoms with Crippen LogP contribution in [0.5, 0.6) is 5.75 Å². The number of urea groups is 1. The number of amides is 2. The van der Waals surface area contributed by atoms with E-state index in [1.807, 2.05) is 13.0 Å². The molecule has 0 aliphatic heterocycles. The maximum Gasteiger partial charge on any atom is 0.321 e. The smallest absolute Gasteiger partial charge is 0.321 e. The first-order valence-corrected chi connectivity index (χ1v) is 9.92. The van der Waals surface area contributed by atoms with Crippen molar-refractivity contribution >= 4 is 11.7 Å². The quantitative estimate of drug-likeness (QED) is 0.733. The summed E-state index contributed by atoms with van der Waals surface area (Å²) in [6, 6.07) is 12.5. The van der Waals surface area contributed by atoms with Gasteiger partial charge in [-0.3, -0.25) is 4.90 Å². The number of aryl methyl sites for hydroxylation is 2. The molecule has 4 nitrogen and oxygen atoms in total. The molecule has 144 valence electrons. The lowest BCUT2D eigenvalue weighted by molar-refractivity contribution is 0.248. The fourth-order valence-corrected chi connectivity index (χ4v) is 3.58. The number of anilines is 1. The first kappa shape index (κ1) is 19.3. The number of rotatable bonds is 7. The molecule has 1 N–H and O–H groups in total. The van der Waals surface area contributed by atoms with E-state index in [1.165, 1.54) is 24.0 Å². The molecule has 1 aliphatic carbocycles. The Hall–Kier alpha value is -2.49. The van der Waals surface area contributed by atoms with E-state index in [2.05, 4.69) is 49.5 Å². The van der Waals surface area contributed by atoms with Gasteiger partial charge < -0.3 is 10.1 Å². The summed E-state index contributed by atoms with van der Waals surface area (Å²) in [6.07, 6.45) is 3.45. The Morgan fingerprint density at radius 1 is 1.22 bits per heavy atom. The minimum Gasteiger partial charge on any atom is -0.489 e. The van der Waals surface area contributed by atoms with Crippen molar-refractivity contribution in [3.8, 4) is 5.75 Å². The Bertz CT molecular complexity index is 812. The fourth-order valence-electron chi connectivity index (χ4n) is 3.58. The van der Waals surface area contributed by atoms with E-state index >= 15 is 0 Å².